The maximum atomic E-state index is 14.3. The molecule has 11 heteroatoms. The van der Waals surface area contributed by atoms with Crippen LogP contribution in [-0.2, 0) is 7.05 Å². The van der Waals surface area contributed by atoms with Gasteiger partial charge in [0.25, 0.3) is 5.91 Å². The van der Waals surface area contributed by atoms with Crippen molar-refractivity contribution in [3.8, 4) is 16.5 Å². The molecule has 0 spiro atoms. The second kappa shape index (κ2) is 6.85. The number of aromatic nitrogens is 7. The molecular weight excluding hydrogens is 395 g/mol. The minimum Gasteiger partial charge on any atom is -0.315 e. The van der Waals surface area contributed by atoms with Gasteiger partial charge in [-0.3, -0.25) is 4.79 Å². The highest BCUT2D eigenvalue weighted by atomic mass is 32.1. The van der Waals surface area contributed by atoms with Crippen molar-refractivity contribution in [2.24, 2.45) is 7.05 Å². The summed E-state index contributed by atoms with van der Waals surface area (Å²) in [5.41, 5.74) is 1.24. The van der Waals surface area contributed by atoms with E-state index in [2.05, 4.69) is 30.5 Å². The Labute approximate surface area is 168 Å². The molecular formula is C18H15FN8OS. The third kappa shape index (κ3) is 3.40. The number of carbonyl (C=O) groups is 1. The fraction of sp³-hybridized carbons (Fsp3) is 0.222. The molecule has 1 fully saturated rings. The minimum absolute atomic E-state index is 0.0799. The Hall–Kier alpha value is -3.47. The highest BCUT2D eigenvalue weighted by Crippen LogP contribution is 2.39. The highest BCUT2D eigenvalue weighted by molar-refractivity contribution is 7.13. The second-order valence-corrected chi connectivity index (χ2v) is 7.62. The summed E-state index contributed by atoms with van der Waals surface area (Å²) in [5, 5.41) is 12.8. The number of anilines is 1. The first-order valence-corrected chi connectivity index (χ1v) is 9.77. The third-order valence-electron chi connectivity index (χ3n) is 4.59. The first-order valence-electron chi connectivity index (χ1n) is 8.89. The van der Waals surface area contributed by atoms with E-state index >= 15 is 0 Å². The molecule has 1 aliphatic carbocycles. The van der Waals surface area contributed by atoms with Crippen LogP contribution in [0.5, 0.6) is 0 Å². The van der Waals surface area contributed by atoms with E-state index < -0.39 is 11.7 Å². The van der Waals surface area contributed by atoms with Gasteiger partial charge in [0.15, 0.2) is 16.6 Å². The lowest BCUT2D eigenvalue weighted by Gasteiger charge is -2.06. The summed E-state index contributed by atoms with van der Waals surface area (Å²) in [6, 6.07) is 1.40. The second-order valence-electron chi connectivity index (χ2n) is 6.76. The smallest absolute Gasteiger partial charge is 0.275 e. The number of hydrogen-bond donors (Lipinski definition) is 1. The van der Waals surface area contributed by atoms with Gasteiger partial charge in [0, 0.05) is 24.5 Å². The average molecular weight is 410 g/mol. The number of imidazole rings is 1. The average Bonchev–Trinajstić information content (AvgIpc) is 3.08. The fourth-order valence-electron chi connectivity index (χ4n) is 2.90. The topological polar surface area (TPSA) is 103 Å². The molecule has 0 aliphatic heterocycles. The van der Waals surface area contributed by atoms with E-state index in [1.54, 1.807) is 33.4 Å². The standard InChI is InChI=1S/C18H15FN8OS/c1-26-9-22-25-16(26)18-24-15(7-29-18)23-17(28)12-4-14(11(19)5-20-12)27-6-13(21-8-27)10-2-3-10/h4-10H,2-3H2,1H3,(H,23,28). The molecule has 0 aromatic carbocycles. The number of hydrogen-bond acceptors (Lipinski definition) is 7. The number of nitrogens with one attached hydrogen (secondary N) is 1. The normalized spacial score (nSPS) is 13.6. The number of thiazole rings is 1. The molecule has 1 saturated carbocycles. The van der Waals surface area contributed by atoms with Crippen LogP contribution in [0.25, 0.3) is 16.5 Å². The SMILES string of the molecule is Cn1cnnc1-c1nc(NC(=O)c2cc(-n3cnc(C4CC4)c3)c(F)cn2)cs1. The van der Waals surface area contributed by atoms with Gasteiger partial charge in [-0.1, -0.05) is 0 Å². The Kier molecular flexibility index (Phi) is 4.16. The maximum absolute atomic E-state index is 14.3. The van der Waals surface area contributed by atoms with E-state index in [0.717, 1.165) is 24.7 Å². The van der Waals surface area contributed by atoms with E-state index in [1.165, 1.54) is 17.4 Å². The molecule has 29 heavy (non-hydrogen) atoms. The first-order chi connectivity index (χ1) is 14.1. The van der Waals surface area contributed by atoms with Gasteiger partial charge >= 0.3 is 0 Å². The van der Waals surface area contributed by atoms with Gasteiger partial charge in [-0.25, -0.2) is 19.3 Å². The van der Waals surface area contributed by atoms with Crippen LogP contribution in [-0.4, -0.2) is 40.2 Å². The van der Waals surface area contributed by atoms with Gasteiger partial charge in [-0.05, 0) is 18.9 Å². The molecule has 146 valence electrons. The molecule has 1 amide bonds. The maximum Gasteiger partial charge on any atom is 0.275 e. The Morgan fingerprint density at radius 3 is 2.93 bits per heavy atom. The zero-order valence-corrected chi connectivity index (χ0v) is 16.1. The van der Waals surface area contributed by atoms with Crippen LogP contribution >= 0.6 is 11.3 Å². The predicted octanol–water partition coefficient (Wildman–Crippen LogP) is 2.79. The van der Waals surface area contributed by atoms with E-state index in [0.29, 0.717) is 22.6 Å². The van der Waals surface area contributed by atoms with Crippen LogP contribution in [0.3, 0.4) is 0 Å². The van der Waals surface area contributed by atoms with E-state index in [4.69, 9.17) is 0 Å². The molecule has 0 saturated heterocycles. The summed E-state index contributed by atoms with van der Waals surface area (Å²) in [4.78, 5) is 25.2. The van der Waals surface area contributed by atoms with Crippen LogP contribution in [0, 0.1) is 5.82 Å². The van der Waals surface area contributed by atoms with Crippen molar-refractivity contribution >= 4 is 23.1 Å². The quantitative estimate of drug-likeness (QED) is 0.543. The van der Waals surface area contributed by atoms with Crippen LogP contribution in [0.15, 0.2) is 36.5 Å². The number of pyridine rings is 1. The lowest BCUT2D eigenvalue weighted by molar-refractivity contribution is 0.102. The van der Waals surface area contributed by atoms with Crippen molar-refractivity contribution in [2.45, 2.75) is 18.8 Å². The highest BCUT2D eigenvalue weighted by Gasteiger charge is 2.26. The summed E-state index contributed by atoms with van der Waals surface area (Å²) in [7, 11) is 1.81. The fourth-order valence-corrected chi connectivity index (χ4v) is 3.68. The van der Waals surface area contributed by atoms with Crippen molar-refractivity contribution < 1.29 is 9.18 Å². The number of amides is 1. The molecule has 0 unspecified atom stereocenters. The van der Waals surface area contributed by atoms with Crippen molar-refractivity contribution in [1.29, 1.82) is 0 Å². The summed E-state index contributed by atoms with van der Waals surface area (Å²) >= 11 is 1.33. The molecule has 1 aliphatic rings. The van der Waals surface area contributed by atoms with Crippen LogP contribution < -0.4 is 5.32 Å². The van der Waals surface area contributed by atoms with Gasteiger partial charge in [-0.15, -0.1) is 21.5 Å². The molecule has 4 aromatic rings. The Morgan fingerprint density at radius 1 is 1.31 bits per heavy atom. The minimum atomic E-state index is -0.528. The predicted molar refractivity (Wildman–Crippen MR) is 103 cm³/mol. The Morgan fingerprint density at radius 2 is 2.17 bits per heavy atom. The molecule has 0 radical (unpaired) electrons. The zero-order valence-electron chi connectivity index (χ0n) is 15.3. The van der Waals surface area contributed by atoms with Crippen molar-refractivity contribution in [2.75, 3.05) is 5.32 Å². The van der Waals surface area contributed by atoms with E-state index in [1.807, 2.05) is 7.05 Å². The summed E-state index contributed by atoms with van der Waals surface area (Å²) in [5.74, 6) is 0.411. The molecule has 4 aromatic heterocycles. The molecule has 4 heterocycles. The molecule has 9 nitrogen and oxygen atoms in total. The van der Waals surface area contributed by atoms with E-state index in [9.17, 15) is 9.18 Å². The van der Waals surface area contributed by atoms with Crippen molar-refractivity contribution in [3.05, 3.63) is 53.7 Å². The zero-order chi connectivity index (χ0) is 20.0. The summed E-state index contributed by atoms with van der Waals surface area (Å²) in [6.45, 7) is 0. The van der Waals surface area contributed by atoms with Crippen LogP contribution in [0.2, 0.25) is 0 Å². The lowest BCUT2D eigenvalue weighted by atomic mass is 10.3. The number of halogens is 1. The first kappa shape index (κ1) is 17.6. The summed E-state index contributed by atoms with van der Waals surface area (Å²) < 4.78 is 17.6. The lowest BCUT2D eigenvalue weighted by Crippen LogP contribution is -2.15. The third-order valence-corrected chi connectivity index (χ3v) is 5.43. The summed E-state index contributed by atoms with van der Waals surface area (Å²) in [6.07, 6.45) is 8.17. The molecule has 5 rings (SSSR count). The van der Waals surface area contributed by atoms with Gasteiger partial charge in [0.2, 0.25) is 0 Å². The molecule has 0 bridgehead atoms. The van der Waals surface area contributed by atoms with Gasteiger partial charge < -0.3 is 14.5 Å². The van der Waals surface area contributed by atoms with Crippen LogP contribution in [0.4, 0.5) is 10.2 Å². The van der Waals surface area contributed by atoms with E-state index in [-0.39, 0.29) is 11.4 Å². The van der Waals surface area contributed by atoms with Gasteiger partial charge in [0.1, 0.15) is 17.8 Å². The van der Waals surface area contributed by atoms with Crippen molar-refractivity contribution in [3.63, 3.8) is 0 Å². The van der Waals surface area contributed by atoms with Gasteiger partial charge in [0.05, 0.1) is 23.9 Å². The van der Waals surface area contributed by atoms with Crippen LogP contribution in [0.1, 0.15) is 34.9 Å². The monoisotopic (exact) mass is 410 g/mol. The number of rotatable bonds is 5. The number of nitrogens with zero attached hydrogens (tertiary/aromatic N) is 7. The van der Waals surface area contributed by atoms with Gasteiger partial charge in [-0.2, -0.15) is 0 Å². The molecule has 0 atom stereocenters. The molecule has 1 N–H and O–H groups in total. The Bertz CT molecular complexity index is 1210. The number of aryl methyl sites for hydroxylation is 1. The van der Waals surface area contributed by atoms with Crippen molar-refractivity contribution in [1.82, 2.24) is 34.3 Å². The number of carbonyl (C=O) groups excluding carboxylic acids is 1. The largest absolute Gasteiger partial charge is 0.315 e. The Balaban J connectivity index is 1.37.